The van der Waals surface area contributed by atoms with Crippen LogP contribution in [0, 0.1) is 34.5 Å². The minimum absolute atomic E-state index is 0.0475. The van der Waals surface area contributed by atoms with Crippen LogP contribution >= 0.6 is 0 Å². The van der Waals surface area contributed by atoms with Crippen molar-refractivity contribution in [3.8, 4) is 0 Å². The third-order valence-corrected chi connectivity index (χ3v) is 8.74. The number of fused-ring (bicyclic) bond motifs is 5. The topological polar surface area (TPSA) is 98.0 Å². The summed E-state index contributed by atoms with van der Waals surface area (Å²) in [4.78, 5) is 11.0. The number of hydrogen-bond donors (Lipinski definition) is 4. The molecule has 0 saturated heterocycles. The lowest BCUT2D eigenvalue weighted by molar-refractivity contribution is -0.137. The fourth-order valence-electron chi connectivity index (χ4n) is 7.08. The largest absolute Gasteiger partial charge is 0.481 e. The summed E-state index contributed by atoms with van der Waals surface area (Å²) in [5, 5.41) is 41.6. The highest BCUT2D eigenvalue weighted by atomic mass is 16.4. The molecule has 1 fully saturated rings. The Bertz CT molecular complexity index is 782. The average molecular weight is 403 g/mol. The van der Waals surface area contributed by atoms with E-state index in [0.29, 0.717) is 12.8 Å². The quantitative estimate of drug-likeness (QED) is 0.542. The summed E-state index contributed by atoms with van der Waals surface area (Å²) in [6.45, 7) is 6.37. The fraction of sp³-hybridized carbons (Fsp3) is 0.708. The number of rotatable bonds is 4. The van der Waals surface area contributed by atoms with Gasteiger partial charge in [-0.15, -0.1) is 0 Å². The standard InChI is InChI=1S/C24H34O5/c1-13(4-7-21(28)29)16-5-6-17-22-18(12-20(27)24(16,17)3)23(2)9-8-15(25)10-14(23)11-19(22)26/h8-9,11-13,15-17,19-20,22,25-27H,4-7,10H2,1-3H3,(H,28,29)/t13-,15-,16+,17-,19-,20-,22-,23+,24-/m1/s1. The molecule has 0 amide bonds. The van der Waals surface area contributed by atoms with E-state index in [2.05, 4.69) is 20.8 Å². The first-order valence-electron chi connectivity index (χ1n) is 11.0. The Labute approximate surface area is 172 Å². The van der Waals surface area contributed by atoms with Gasteiger partial charge in [0, 0.05) is 23.2 Å². The molecule has 0 radical (unpaired) electrons. The van der Waals surface area contributed by atoms with Crippen molar-refractivity contribution in [1.29, 1.82) is 0 Å². The zero-order chi connectivity index (χ0) is 21.1. The lowest BCUT2D eigenvalue weighted by atomic mass is 9.50. The molecule has 4 N–H and O–H groups in total. The van der Waals surface area contributed by atoms with Gasteiger partial charge in [0.05, 0.1) is 18.3 Å². The maximum atomic E-state index is 11.3. The molecule has 0 aromatic carbocycles. The highest BCUT2D eigenvalue weighted by molar-refractivity contribution is 5.66. The summed E-state index contributed by atoms with van der Waals surface area (Å²) >= 11 is 0. The monoisotopic (exact) mass is 402 g/mol. The molecule has 1 saturated carbocycles. The van der Waals surface area contributed by atoms with Gasteiger partial charge in [-0.2, -0.15) is 0 Å². The molecule has 9 atom stereocenters. The predicted molar refractivity (Wildman–Crippen MR) is 110 cm³/mol. The van der Waals surface area contributed by atoms with E-state index >= 15 is 0 Å². The average Bonchev–Trinajstić information content (AvgIpc) is 3.01. The molecular weight excluding hydrogens is 368 g/mol. The molecule has 0 heterocycles. The van der Waals surface area contributed by atoms with Crippen molar-refractivity contribution in [2.45, 2.75) is 71.2 Å². The van der Waals surface area contributed by atoms with Crippen LogP contribution in [0.15, 0.2) is 35.5 Å². The van der Waals surface area contributed by atoms with Crippen molar-refractivity contribution in [3.05, 3.63) is 35.5 Å². The zero-order valence-electron chi connectivity index (χ0n) is 17.6. The number of aliphatic hydroxyl groups is 3. The first-order valence-corrected chi connectivity index (χ1v) is 11.0. The van der Waals surface area contributed by atoms with Gasteiger partial charge in [-0.1, -0.05) is 49.3 Å². The molecule has 4 aliphatic rings. The Balaban J connectivity index is 1.71. The van der Waals surface area contributed by atoms with Crippen molar-refractivity contribution in [3.63, 3.8) is 0 Å². The number of allylic oxidation sites excluding steroid dienone is 1. The van der Waals surface area contributed by atoms with Gasteiger partial charge in [0.1, 0.15) is 0 Å². The Hall–Kier alpha value is -1.43. The number of carboxylic acid groups (broad SMARTS) is 1. The van der Waals surface area contributed by atoms with Gasteiger partial charge in [0.25, 0.3) is 0 Å². The highest BCUT2D eigenvalue weighted by Gasteiger charge is 2.61. The Kier molecular flexibility index (Phi) is 5.08. The van der Waals surface area contributed by atoms with Gasteiger partial charge in [-0.25, -0.2) is 0 Å². The SMILES string of the molecule is C[C@H](CCC(=O)O)[C@@H]1CC[C@@H]2[C@@H]3C(=C[C@@H](O)[C@@]21C)[C@@]1(C)C=C[C@@H](O)CC1=C[C@H]3O. The summed E-state index contributed by atoms with van der Waals surface area (Å²) in [5.41, 5.74) is 1.38. The van der Waals surface area contributed by atoms with Crippen LogP contribution in [0.1, 0.15) is 52.9 Å². The molecule has 0 spiro atoms. The number of hydrogen-bond acceptors (Lipinski definition) is 4. The second-order valence-electron chi connectivity index (χ2n) is 10.2. The third-order valence-electron chi connectivity index (χ3n) is 8.74. The molecule has 0 aromatic rings. The molecule has 0 unspecified atom stereocenters. The second kappa shape index (κ2) is 7.07. The van der Waals surface area contributed by atoms with E-state index in [1.54, 1.807) is 0 Å². The van der Waals surface area contributed by atoms with Gasteiger partial charge < -0.3 is 20.4 Å². The molecule has 4 rings (SSSR count). The lowest BCUT2D eigenvalue weighted by Gasteiger charge is -2.55. The second-order valence-corrected chi connectivity index (χ2v) is 10.2. The molecule has 29 heavy (non-hydrogen) atoms. The third kappa shape index (κ3) is 3.05. The summed E-state index contributed by atoms with van der Waals surface area (Å²) < 4.78 is 0. The Morgan fingerprint density at radius 1 is 1.21 bits per heavy atom. The van der Waals surface area contributed by atoms with E-state index in [9.17, 15) is 20.1 Å². The molecule has 4 aliphatic carbocycles. The van der Waals surface area contributed by atoms with E-state index in [4.69, 9.17) is 5.11 Å². The van der Waals surface area contributed by atoms with Gasteiger partial charge >= 0.3 is 5.97 Å². The van der Waals surface area contributed by atoms with Crippen LogP contribution in [0.5, 0.6) is 0 Å². The minimum Gasteiger partial charge on any atom is -0.481 e. The molecule has 0 aromatic heterocycles. The smallest absolute Gasteiger partial charge is 0.303 e. The van der Waals surface area contributed by atoms with Gasteiger partial charge in [-0.3, -0.25) is 4.79 Å². The fourth-order valence-corrected chi connectivity index (χ4v) is 7.08. The zero-order valence-corrected chi connectivity index (χ0v) is 17.6. The molecule has 0 aliphatic heterocycles. The molecule has 5 heteroatoms. The first kappa shape index (κ1) is 20.8. The van der Waals surface area contributed by atoms with Crippen LogP contribution in [0.4, 0.5) is 0 Å². The summed E-state index contributed by atoms with van der Waals surface area (Å²) in [5.74, 6) is -0.234. The van der Waals surface area contributed by atoms with Crippen LogP contribution in [0.2, 0.25) is 0 Å². The minimum atomic E-state index is -0.775. The molecule has 160 valence electrons. The van der Waals surface area contributed by atoms with E-state index in [1.165, 1.54) is 0 Å². The number of aliphatic carboxylic acids is 1. The lowest BCUT2D eigenvalue weighted by Crippen LogP contribution is -2.53. The van der Waals surface area contributed by atoms with Crippen molar-refractivity contribution >= 4 is 5.97 Å². The number of aliphatic hydroxyl groups excluding tert-OH is 3. The van der Waals surface area contributed by atoms with Crippen LogP contribution in [-0.2, 0) is 4.79 Å². The molecule has 5 nitrogen and oxygen atoms in total. The summed E-state index contributed by atoms with van der Waals surface area (Å²) in [6.07, 6.45) is 9.18. The summed E-state index contributed by atoms with van der Waals surface area (Å²) in [7, 11) is 0. The number of carboxylic acids is 1. The van der Waals surface area contributed by atoms with E-state index in [-0.39, 0.29) is 40.9 Å². The van der Waals surface area contributed by atoms with Gasteiger partial charge in [-0.05, 0) is 50.4 Å². The predicted octanol–water partition coefficient (Wildman–Crippen LogP) is 3.06. The molecular formula is C24H34O5. The van der Waals surface area contributed by atoms with Crippen molar-refractivity contribution in [2.24, 2.45) is 34.5 Å². The summed E-state index contributed by atoms with van der Waals surface area (Å²) in [6, 6.07) is 0. The van der Waals surface area contributed by atoms with Crippen LogP contribution in [0.3, 0.4) is 0 Å². The van der Waals surface area contributed by atoms with Crippen molar-refractivity contribution in [2.75, 3.05) is 0 Å². The van der Waals surface area contributed by atoms with Crippen LogP contribution in [0.25, 0.3) is 0 Å². The van der Waals surface area contributed by atoms with Crippen LogP contribution in [-0.4, -0.2) is 44.7 Å². The highest BCUT2D eigenvalue weighted by Crippen LogP contribution is 2.64. The first-order chi connectivity index (χ1) is 13.6. The molecule has 0 bridgehead atoms. The van der Waals surface area contributed by atoms with Crippen molar-refractivity contribution < 1.29 is 25.2 Å². The maximum absolute atomic E-state index is 11.3. The van der Waals surface area contributed by atoms with E-state index in [0.717, 1.165) is 24.0 Å². The maximum Gasteiger partial charge on any atom is 0.303 e. The van der Waals surface area contributed by atoms with Crippen LogP contribution < -0.4 is 0 Å². The van der Waals surface area contributed by atoms with Gasteiger partial charge in [0.2, 0.25) is 0 Å². The van der Waals surface area contributed by atoms with Gasteiger partial charge in [0.15, 0.2) is 0 Å². The Morgan fingerprint density at radius 3 is 2.62 bits per heavy atom. The normalized spacial score (nSPS) is 46.8. The van der Waals surface area contributed by atoms with E-state index in [1.807, 2.05) is 24.3 Å². The van der Waals surface area contributed by atoms with Crippen molar-refractivity contribution in [1.82, 2.24) is 0 Å². The van der Waals surface area contributed by atoms with E-state index < -0.39 is 24.3 Å². The Morgan fingerprint density at radius 2 is 1.93 bits per heavy atom. The number of carbonyl (C=O) groups is 1.